The highest BCUT2D eigenvalue weighted by Crippen LogP contribution is 2.14. The van der Waals surface area contributed by atoms with Gasteiger partial charge in [-0.3, -0.25) is 0 Å². The first-order chi connectivity index (χ1) is 8.69. The Labute approximate surface area is 104 Å². The van der Waals surface area contributed by atoms with Gasteiger partial charge in [0.2, 0.25) is 0 Å². The van der Waals surface area contributed by atoms with Crippen molar-refractivity contribution in [2.45, 2.75) is 13.2 Å². The molecule has 0 saturated carbocycles. The highest BCUT2D eigenvalue weighted by molar-refractivity contribution is 5.88. The molecule has 0 spiro atoms. The maximum absolute atomic E-state index is 10.8. The van der Waals surface area contributed by atoms with Crippen LogP contribution in [0.4, 0.5) is 5.69 Å². The van der Waals surface area contributed by atoms with Gasteiger partial charge in [0.15, 0.2) is 0 Å². The monoisotopic (exact) mass is 247 g/mol. The van der Waals surface area contributed by atoms with Crippen LogP contribution < -0.4 is 5.32 Å². The van der Waals surface area contributed by atoms with Crippen molar-refractivity contribution in [1.29, 1.82) is 0 Å². The zero-order chi connectivity index (χ0) is 13.0. The van der Waals surface area contributed by atoms with Crippen molar-refractivity contribution in [3.05, 3.63) is 53.5 Å². The van der Waals surface area contributed by atoms with E-state index in [4.69, 9.17) is 14.6 Å². The first kappa shape index (κ1) is 12.2. The van der Waals surface area contributed by atoms with Gasteiger partial charge in [-0.05, 0) is 30.3 Å². The fourth-order valence-electron chi connectivity index (χ4n) is 1.55. The number of aromatic carboxylic acids is 1. The molecule has 3 N–H and O–H groups in total. The van der Waals surface area contributed by atoms with Gasteiger partial charge >= 0.3 is 5.97 Å². The van der Waals surface area contributed by atoms with Crippen LogP contribution in [0.2, 0.25) is 0 Å². The summed E-state index contributed by atoms with van der Waals surface area (Å²) >= 11 is 0. The van der Waals surface area contributed by atoms with E-state index >= 15 is 0 Å². The minimum atomic E-state index is -0.959. The second kappa shape index (κ2) is 5.37. The van der Waals surface area contributed by atoms with Gasteiger partial charge in [0.1, 0.15) is 18.1 Å². The summed E-state index contributed by atoms with van der Waals surface area (Å²) in [5, 5.41) is 20.8. The minimum Gasteiger partial charge on any atom is -0.478 e. The molecule has 0 amide bonds. The van der Waals surface area contributed by atoms with Crippen LogP contribution in [0.5, 0.6) is 0 Å². The molecule has 0 saturated heterocycles. The molecule has 0 aliphatic heterocycles. The maximum atomic E-state index is 10.8. The predicted octanol–water partition coefficient (Wildman–Crippen LogP) is 2.08. The standard InChI is InChI=1S/C13H13NO4/c15-8-12-5-4-11(18-12)7-14-10-3-1-2-9(6-10)13(16)17/h1-6,14-15H,7-8H2,(H,16,17). The smallest absolute Gasteiger partial charge is 0.335 e. The van der Waals surface area contributed by atoms with Crippen molar-refractivity contribution in [2.75, 3.05) is 5.32 Å². The van der Waals surface area contributed by atoms with Crippen molar-refractivity contribution in [1.82, 2.24) is 0 Å². The van der Waals surface area contributed by atoms with Gasteiger partial charge in [0.25, 0.3) is 0 Å². The second-order valence-electron chi connectivity index (χ2n) is 3.77. The quantitative estimate of drug-likeness (QED) is 0.753. The van der Waals surface area contributed by atoms with Gasteiger partial charge in [-0.15, -0.1) is 0 Å². The number of aliphatic hydroxyl groups is 1. The molecule has 1 heterocycles. The van der Waals surface area contributed by atoms with Crippen LogP contribution in [0.3, 0.4) is 0 Å². The molecule has 2 aromatic rings. The topological polar surface area (TPSA) is 82.7 Å². The Morgan fingerprint density at radius 1 is 1.22 bits per heavy atom. The summed E-state index contributed by atoms with van der Waals surface area (Å²) in [5.41, 5.74) is 0.937. The van der Waals surface area contributed by atoms with E-state index in [1.165, 1.54) is 6.07 Å². The Kier molecular flexibility index (Phi) is 3.64. The van der Waals surface area contributed by atoms with Crippen LogP contribution in [0, 0.1) is 0 Å². The van der Waals surface area contributed by atoms with E-state index in [-0.39, 0.29) is 12.2 Å². The number of carboxylic acids is 1. The molecule has 94 valence electrons. The molecule has 18 heavy (non-hydrogen) atoms. The zero-order valence-electron chi connectivity index (χ0n) is 9.59. The molecule has 0 bridgehead atoms. The summed E-state index contributed by atoms with van der Waals surface area (Å²) in [6, 6.07) is 10.0. The number of nitrogens with one attached hydrogen (secondary N) is 1. The van der Waals surface area contributed by atoms with Crippen molar-refractivity contribution < 1.29 is 19.4 Å². The third-order valence-electron chi connectivity index (χ3n) is 2.45. The predicted molar refractivity (Wildman–Crippen MR) is 65.4 cm³/mol. The molecule has 1 aromatic heterocycles. The van der Waals surface area contributed by atoms with Crippen LogP contribution in [0.1, 0.15) is 21.9 Å². The average Bonchev–Trinajstić information content (AvgIpc) is 2.84. The molecular weight excluding hydrogens is 234 g/mol. The number of carboxylic acid groups (broad SMARTS) is 1. The minimum absolute atomic E-state index is 0.130. The lowest BCUT2D eigenvalue weighted by Gasteiger charge is -2.05. The fourth-order valence-corrected chi connectivity index (χ4v) is 1.55. The summed E-state index contributed by atoms with van der Waals surface area (Å²) in [5.74, 6) is 0.227. The van der Waals surface area contributed by atoms with Gasteiger partial charge < -0.3 is 19.9 Å². The van der Waals surface area contributed by atoms with Crippen LogP contribution in [-0.4, -0.2) is 16.2 Å². The number of aliphatic hydroxyl groups excluding tert-OH is 1. The zero-order valence-corrected chi connectivity index (χ0v) is 9.59. The van der Waals surface area contributed by atoms with Gasteiger partial charge in [0.05, 0.1) is 12.1 Å². The van der Waals surface area contributed by atoms with Gasteiger partial charge in [-0.1, -0.05) is 6.07 Å². The van der Waals surface area contributed by atoms with E-state index in [9.17, 15) is 4.79 Å². The number of hydrogen-bond acceptors (Lipinski definition) is 4. The Balaban J connectivity index is 2.01. The third kappa shape index (κ3) is 2.89. The largest absolute Gasteiger partial charge is 0.478 e. The molecule has 2 rings (SSSR count). The van der Waals surface area contributed by atoms with E-state index in [1.54, 1.807) is 30.3 Å². The SMILES string of the molecule is O=C(O)c1cccc(NCc2ccc(CO)o2)c1. The summed E-state index contributed by atoms with van der Waals surface area (Å²) in [4.78, 5) is 10.8. The lowest BCUT2D eigenvalue weighted by molar-refractivity contribution is 0.0697. The second-order valence-corrected chi connectivity index (χ2v) is 3.77. The molecule has 0 unspecified atom stereocenters. The van der Waals surface area contributed by atoms with E-state index in [2.05, 4.69) is 5.32 Å². The number of benzene rings is 1. The first-order valence-electron chi connectivity index (χ1n) is 5.44. The van der Waals surface area contributed by atoms with Crippen molar-refractivity contribution in [2.24, 2.45) is 0 Å². The van der Waals surface area contributed by atoms with Crippen LogP contribution in [-0.2, 0) is 13.2 Å². The summed E-state index contributed by atoms with van der Waals surface area (Å²) in [6.45, 7) is 0.303. The molecular formula is C13H13NO4. The number of carbonyl (C=O) groups is 1. The lowest BCUT2D eigenvalue weighted by Crippen LogP contribution is -2.01. The average molecular weight is 247 g/mol. The van der Waals surface area contributed by atoms with E-state index in [1.807, 2.05) is 0 Å². The number of furan rings is 1. The highest BCUT2D eigenvalue weighted by Gasteiger charge is 2.04. The van der Waals surface area contributed by atoms with Crippen molar-refractivity contribution >= 4 is 11.7 Å². The van der Waals surface area contributed by atoms with E-state index in [0.29, 0.717) is 23.8 Å². The molecule has 1 aromatic carbocycles. The summed E-state index contributed by atoms with van der Waals surface area (Å²) in [6.07, 6.45) is 0. The lowest BCUT2D eigenvalue weighted by atomic mass is 10.2. The summed E-state index contributed by atoms with van der Waals surface area (Å²) < 4.78 is 5.30. The summed E-state index contributed by atoms with van der Waals surface area (Å²) in [7, 11) is 0. The molecule has 0 atom stereocenters. The Bertz CT molecular complexity index is 547. The van der Waals surface area contributed by atoms with E-state index in [0.717, 1.165) is 0 Å². The van der Waals surface area contributed by atoms with Gasteiger partial charge in [-0.25, -0.2) is 4.79 Å². The van der Waals surface area contributed by atoms with Crippen molar-refractivity contribution in [3.63, 3.8) is 0 Å². The Morgan fingerprint density at radius 3 is 2.67 bits per heavy atom. The maximum Gasteiger partial charge on any atom is 0.335 e. The van der Waals surface area contributed by atoms with Gasteiger partial charge in [0, 0.05) is 5.69 Å². The molecule has 0 radical (unpaired) electrons. The normalized spacial score (nSPS) is 10.3. The van der Waals surface area contributed by atoms with Crippen LogP contribution >= 0.6 is 0 Å². The van der Waals surface area contributed by atoms with E-state index < -0.39 is 5.97 Å². The Hall–Kier alpha value is -2.27. The first-order valence-corrected chi connectivity index (χ1v) is 5.44. The van der Waals surface area contributed by atoms with Crippen molar-refractivity contribution in [3.8, 4) is 0 Å². The molecule has 0 aliphatic rings. The third-order valence-corrected chi connectivity index (χ3v) is 2.45. The number of hydrogen-bond donors (Lipinski definition) is 3. The molecule has 5 heteroatoms. The molecule has 0 aliphatic carbocycles. The molecule has 0 fully saturated rings. The molecule has 5 nitrogen and oxygen atoms in total. The number of rotatable bonds is 5. The van der Waals surface area contributed by atoms with Crippen LogP contribution in [0.25, 0.3) is 0 Å². The van der Waals surface area contributed by atoms with Gasteiger partial charge in [-0.2, -0.15) is 0 Å². The fraction of sp³-hybridized carbons (Fsp3) is 0.154. The van der Waals surface area contributed by atoms with Crippen LogP contribution in [0.15, 0.2) is 40.8 Å². The number of anilines is 1. The Morgan fingerprint density at radius 2 is 2.00 bits per heavy atom. The highest BCUT2D eigenvalue weighted by atomic mass is 16.4.